The summed E-state index contributed by atoms with van der Waals surface area (Å²) in [6.45, 7) is 5.63. The van der Waals surface area contributed by atoms with Crippen molar-refractivity contribution in [3.8, 4) is 5.75 Å². The molecule has 0 spiro atoms. The monoisotopic (exact) mass is 430 g/mol. The van der Waals surface area contributed by atoms with Crippen LogP contribution in [0.1, 0.15) is 62.2 Å². The minimum atomic E-state index is -0.704. The molecule has 1 aliphatic carbocycles. The van der Waals surface area contributed by atoms with Crippen LogP contribution in [-0.2, 0) is 0 Å². The van der Waals surface area contributed by atoms with Crippen molar-refractivity contribution < 1.29 is 19.7 Å². The Balaban J connectivity index is 1.23. The lowest BCUT2D eigenvalue weighted by Crippen LogP contribution is -2.44. The van der Waals surface area contributed by atoms with E-state index in [-0.39, 0.29) is 12.0 Å². The summed E-state index contributed by atoms with van der Waals surface area (Å²) in [5, 5.41) is 19.3. The lowest BCUT2D eigenvalue weighted by Gasteiger charge is -2.33. The maximum Gasteiger partial charge on any atom is 0.253 e. The average molecular weight is 431 g/mol. The predicted molar refractivity (Wildman–Crippen MR) is 120 cm³/mol. The summed E-state index contributed by atoms with van der Waals surface area (Å²) in [5.41, 5.74) is 0.751. The fourth-order valence-corrected chi connectivity index (χ4v) is 5.46. The molecule has 0 aromatic heterocycles. The van der Waals surface area contributed by atoms with Crippen molar-refractivity contribution in [1.29, 1.82) is 0 Å². The van der Waals surface area contributed by atoms with Crippen LogP contribution in [0.4, 0.5) is 0 Å². The number of benzene rings is 1. The molecular weight excluding hydrogens is 392 g/mol. The van der Waals surface area contributed by atoms with Gasteiger partial charge < -0.3 is 24.7 Å². The molecule has 0 radical (unpaired) electrons. The van der Waals surface area contributed by atoms with Crippen molar-refractivity contribution in [3.63, 3.8) is 0 Å². The highest BCUT2D eigenvalue weighted by Gasteiger charge is 2.33. The van der Waals surface area contributed by atoms with Gasteiger partial charge in [0.25, 0.3) is 5.91 Å². The van der Waals surface area contributed by atoms with Crippen LogP contribution >= 0.6 is 0 Å². The number of hydrogen-bond donors (Lipinski definition) is 2. The highest BCUT2D eigenvalue weighted by atomic mass is 16.5. The lowest BCUT2D eigenvalue weighted by atomic mass is 9.90. The van der Waals surface area contributed by atoms with Crippen molar-refractivity contribution in [3.05, 3.63) is 29.8 Å². The summed E-state index contributed by atoms with van der Waals surface area (Å²) >= 11 is 0. The van der Waals surface area contributed by atoms with Crippen LogP contribution in [-0.4, -0.2) is 77.0 Å². The second-order valence-electron chi connectivity index (χ2n) is 9.79. The zero-order valence-corrected chi connectivity index (χ0v) is 18.8. The van der Waals surface area contributed by atoms with Crippen LogP contribution in [0.5, 0.6) is 5.75 Å². The fraction of sp³-hybridized carbons (Fsp3) is 0.720. The van der Waals surface area contributed by atoms with Crippen LogP contribution in [0.25, 0.3) is 0 Å². The average Bonchev–Trinajstić information content (AvgIpc) is 3.47. The van der Waals surface area contributed by atoms with Gasteiger partial charge in [0.1, 0.15) is 11.9 Å². The SMILES string of the molecule is CC(O)C(O)CN1CCC(Oc2ccc(C(=O)N3CCC(C4CCCC4)C3)cc2)CC1. The number of β-amino-alcohol motifs (C(OH)–C–C–N with tert-alkyl or cyclic N) is 1. The van der Waals surface area contributed by atoms with Crippen molar-refractivity contribution in [2.24, 2.45) is 11.8 Å². The molecule has 1 aromatic carbocycles. The van der Waals surface area contributed by atoms with E-state index in [1.54, 1.807) is 6.92 Å². The summed E-state index contributed by atoms with van der Waals surface area (Å²) in [5.74, 6) is 2.48. The Hall–Kier alpha value is -1.63. The Labute approximate surface area is 186 Å². The quantitative estimate of drug-likeness (QED) is 0.696. The topological polar surface area (TPSA) is 73.2 Å². The standard InChI is InChI=1S/C25H38N2O4/c1-18(28)24(29)17-26-13-11-23(12-14-26)31-22-8-6-20(7-9-22)25(30)27-15-10-21(16-27)19-4-2-3-5-19/h6-9,18-19,21,23-24,28-29H,2-5,10-17H2,1H3. The number of aliphatic hydroxyl groups is 2. The maximum atomic E-state index is 12.9. The first kappa shape index (κ1) is 22.6. The van der Waals surface area contributed by atoms with Crippen LogP contribution in [0.15, 0.2) is 24.3 Å². The third-order valence-electron chi connectivity index (χ3n) is 7.52. The summed E-state index contributed by atoms with van der Waals surface area (Å²) in [6, 6.07) is 7.63. The maximum absolute atomic E-state index is 12.9. The summed E-state index contributed by atoms with van der Waals surface area (Å²) < 4.78 is 6.14. The molecule has 1 aromatic rings. The molecule has 1 amide bonds. The molecule has 2 saturated heterocycles. The van der Waals surface area contributed by atoms with Crippen LogP contribution < -0.4 is 4.74 Å². The molecule has 2 N–H and O–H groups in total. The van der Waals surface area contributed by atoms with E-state index < -0.39 is 12.2 Å². The number of rotatable bonds is 7. The number of nitrogens with zero attached hydrogens (tertiary/aromatic N) is 2. The molecule has 2 aliphatic heterocycles. The minimum Gasteiger partial charge on any atom is -0.490 e. The number of ether oxygens (including phenoxy) is 1. The van der Waals surface area contributed by atoms with Gasteiger partial charge in [0.05, 0.1) is 12.2 Å². The van der Waals surface area contributed by atoms with Crippen molar-refractivity contribution in [1.82, 2.24) is 9.80 Å². The van der Waals surface area contributed by atoms with Crippen molar-refractivity contribution in [2.45, 2.75) is 70.2 Å². The minimum absolute atomic E-state index is 0.146. The smallest absolute Gasteiger partial charge is 0.253 e. The number of amides is 1. The van der Waals surface area contributed by atoms with E-state index in [0.717, 1.165) is 62.7 Å². The number of carbonyl (C=O) groups excluding carboxylic acids is 1. The number of carbonyl (C=O) groups is 1. The molecule has 3 atom stereocenters. The van der Waals surface area contributed by atoms with Gasteiger partial charge in [-0.15, -0.1) is 0 Å². The number of aliphatic hydroxyl groups excluding tert-OH is 2. The zero-order chi connectivity index (χ0) is 21.8. The van der Waals surface area contributed by atoms with Gasteiger partial charge in [-0.3, -0.25) is 4.79 Å². The van der Waals surface area contributed by atoms with Crippen LogP contribution in [0.3, 0.4) is 0 Å². The van der Waals surface area contributed by atoms with E-state index >= 15 is 0 Å². The molecule has 3 aliphatic rings. The Kier molecular flexibility index (Phi) is 7.51. The Morgan fingerprint density at radius 2 is 1.68 bits per heavy atom. The number of likely N-dealkylation sites (tertiary alicyclic amines) is 2. The molecule has 0 bridgehead atoms. The van der Waals surface area contributed by atoms with Gasteiger partial charge in [-0.05, 0) is 62.3 Å². The second-order valence-corrected chi connectivity index (χ2v) is 9.79. The van der Waals surface area contributed by atoms with E-state index in [0.29, 0.717) is 12.5 Å². The molecule has 3 unspecified atom stereocenters. The number of hydrogen-bond acceptors (Lipinski definition) is 5. The fourth-order valence-electron chi connectivity index (χ4n) is 5.46. The molecule has 2 heterocycles. The highest BCUT2D eigenvalue weighted by molar-refractivity contribution is 5.94. The van der Waals surface area contributed by atoms with Gasteiger partial charge in [0.15, 0.2) is 0 Å². The Morgan fingerprint density at radius 3 is 2.32 bits per heavy atom. The predicted octanol–water partition coefficient (Wildman–Crippen LogP) is 2.92. The summed E-state index contributed by atoms with van der Waals surface area (Å²) in [7, 11) is 0. The second kappa shape index (κ2) is 10.3. The molecule has 6 heteroatoms. The number of piperidine rings is 1. The van der Waals surface area contributed by atoms with Gasteiger partial charge >= 0.3 is 0 Å². The van der Waals surface area contributed by atoms with Gasteiger partial charge in [0, 0.05) is 38.3 Å². The van der Waals surface area contributed by atoms with E-state index in [1.807, 2.05) is 29.2 Å². The van der Waals surface area contributed by atoms with Gasteiger partial charge in [0.2, 0.25) is 0 Å². The normalized spacial score (nSPS) is 25.6. The van der Waals surface area contributed by atoms with Gasteiger partial charge in [-0.25, -0.2) is 0 Å². The molecule has 6 nitrogen and oxygen atoms in total. The van der Waals surface area contributed by atoms with E-state index in [4.69, 9.17) is 4.74 Å². The molecule has 1 saturated carbocycles. The summed E-state index contributed by atoms with van der Waals surface area (Å²) in [4.78, 5) is 17.1. The van der Waals surface area contributed by atoms with E-state index in [9.17, 15) is 15.0 Å². The zero-order valence-electron chi connectivity index (χ0n) is 18.8. The third-order valence-corrected chi connectivity index (χ3v) is 7.52. The molecule has 3 fully saturated rings. The lowest BCUT2D eigenvalue weighted by molar-refractivity contribution is -0.00397. The molecule has 4 rings (SSSR count). The van der Waals surface area contributed by atoms with Crippen molar-refractivity contribution in [2.75, 3.05) is 32.7 Å². The van der Waals surface area contributed by atoms with Crippen LogP contribution in [0.2, 0.25) is 0 Å². The van der Waals surface area contributed by atoms with E-state index in [2.05, 4.69) is 4.90 Å². The van der Waals surface area contributed by atoms with Gasteiger partial charge in [-0.1, -0.05) is 25.7 Å². The van der Waals surface area contributed by atoms with Gasteiger partial charge in [-0.2, -0.15) is 0 Å². The Morgan fingerprint density at radius 1 is 1.00 bits per heavy atom. The molecule has 172 valence electrons. The first-order valence-corrected chi connectivity index (χ1v) is 12.1. The highest BCUT2D eigenvalue weighted by Crippen LogP contribution is 2.36. The third kappa shape index (κ3) is 5.79. The first-order valence-electron chi connectivity index (χ1n) is 12.1. The van der Waals surface area contributed by atoms with Crippen LogP contribution in [0, 0.1) is 11.8 Å². The largest absolute Gasteiger partial charge is 0.490 e. The summed E-state index contributed by atoms with van der Waals surface area (Å²) in [6.07, 6.45) is 7.09. The van der Waals surface area contributed by atoms with E-state index in [1.165, 1.54) is 25.7 Å². The first-order chi connectivity index (χ1) is 15.0. The Bertz CT molecular complexity index is 709. The molecule has 31 heavy (non-hydrogen) atoms. The van der Waals surface area contributed by atoms with Crippen molar-refractivity contribution >= 4 is 5.91 Å². The molecular formula is C25H38N2O4.